The first-order valence-electron chi connectivity index (χ1n) is 8.56. The number of anilines is 1. The Morgan fingerprint density at radius 3 is 2.88 bits per heavy atom. The van der Waals surface area contributed by atoms with Gasteiger partial charge in [0.15, 0.2) is 5.96 Å². The fourth-order valence-corrected chi connectivity index (χ4v) is 3.55. The predicted octanol–water partition coefficient (Wildman–Crippen LogP) is 2.60. The molecule has 7 nitrogen and oxygen atoms in total. The molecular formula is C17H23Cl2N7. The molecule has 9 heteroatoms. The Labute approximate surface area is 163 Å². The van der Waals surface area contributed by atoms with Crippen LogP contribution in [0.4, 0.5) is 5.82 Å². The first kappa shape index (κ1) is 18.8. The van der Waals surface area contributed by atoms with Gasteiger partial charge in [-0.2, -0.15) is 5.10 Å². The van der Waals surface area contributed by atoms with Crippen LogP contribution in [0.1, 0.15) is 17.9 Å². The summed E-state index contributed by atoms with van der Waals surface area (Å²) >= 11 is 12.0. The summed E-state index contributed by atoms with van der Waals surface area (Å²) in [6.07, 6.45) is 6.73. The van der Waals surface area contributed by atoms with Gasteiger partial charge in [-0.1, -0.05) is 23.2 Å². The van der Waals surface area contributed by atoms with Crippen LogP contribution in [0.15, 0.2) is 29.6 Å². The van der Waals surface area contributed by atoms with Gasteiger partial charge >= 0.3 is 0 Å². The number of guanidine groups is 1. The fraction of sp³-hybridized carbons (Fsp3) is 0.471. The largest absolute Gasteiger partial charge is 0.367 e. The quantitative estimate of drug-likeness (QED) is 0.462. The average molecular weight is 396 g/mol. The van der Waals surface area contributed by atoms with Crippen LogP contribution in [0.2, 0.25) is 10.0 Å². The van der Waals surface area contributed by atoms with Crippen LogP contribution < -0.4 is 10.6 Å². The van der Waals surface area contributed by atoms with E-state index in [0.717, 1.165) is 25.5 Å². The van der Waals surface area contributed by atoms with Crippen LogP contribution in [0, 0.1) is 0 Å². The molecule has 140 valence electrons. The average Bonchev–Trinajstić information content (AvgIpc) is 3.25. The molecule has 0 aromatic carbocycles. The van der Waals surface area contributed by atoms with Gasteiger partial charge in [0, 0.05) is 58.6 Å². The first-order valence-corrected chi connectivity index (χ1v) is 9.31. The Balaban J connectivity index is 1.46. The number of nitrogens with one attached hydrogen (secondary N) is 2. The highest BCUT2D eigenvalue weighted by Gasteiger charge is 2.26. The summed E-state index contributed by atoms with van der Waals surface area (Å²) in [5.41, 5.74) is 1.29. The Kier molecular flexibility index (Phi) is 6.21. The minimum Gasteiger partial charge on any atom is -0.367 e. The van der Waals surface area contributed by atoms with E-state index in [2.05, 4.69) is 36.8 Å². The van der Waals surface area contributed by atoms with Gasteiger partial charge in [0.1, 0.15) is 5.82 Å². The minimum atomic E-state index is 0.498. The normalized spacial score (nSPS) is 17.6. The lowest BCUT2D eigenvalue weighted by Crippen LogP contribution is -2.41. The van der Waals surface area contributed by atoms with E-state index < -0.39 is 0 Å². The molecule has 0 amide bonds. The molecule has 26 heavy (non-hydrogen) atoms. The van der Waals surface area contributed by atoms with E-state index in [-0.39, 0.29) is 0 Å². The smallest absolute Gasteiger partial charge is 0.193 e. The minimum absolute atomic E-state index is 0.498. The van der Waals surface area contributed by atoms with Gasteiger partial charge in [0.2, 0.25) is 0 Å². The molecule has 1 fully saturated rings. The van der Waals surface area contributed by atoms with Crippen molar-refractivity contribution in [3.05, 3.63) is 40.3 Å². The molecule has 0 spiro atoms. The summed E-state index contributed by atoms with van der Waals surface area (Å²) in [5.74, 6) is 2.04. The van der Waals surface area contributed by atoms with Crippen LogP contribution >= 0.6 is 23.2 Å². The molecule has 1 saturated heterocycles. The number of halogens is 2. The lowest BCUT2D eigenvalue weighted by Gasteiger charge is -2.21. The molecule has 0 bridgehead atoms. The van der Waals surface area contributed by atoms with Crippen molar-refractivity contribution in [3.63, 3.8) is 0 Å². The number of nitrogens with zero attached hydrogens (tertiary/aromatic N) is 5. The van der Waals surface area contributed by atoms with Gasteiger partial charge in [0.05, 0.1) is 16.2 Å². The van der Waals surface area contributed by atoms with Crippen LogP contribution in [0.25, 0.3) is 0 Å². The van der Waals surface area contributed by atoms with Crippen LogP contribution in [0.5, 0.6) is 0 Å². The third-order valence-corrected chi connectivity index (χ3v) is 4.90. The zero-order valence-corrected chi connectivity index (χ0v) is 16.4. The van der Waals surface area contributed by atoms with E-state index in [0.29, 0.717) is 34.9 Å². The lowest BCUT2D eigenvalue weighted by atomic mass is 10.0. The van der Waals surface area contributed by atoms with Crippen molar-refractivity contribution in [3.8, 4) is 0 Å². The zero-order valence-electron chi connectivity index (χ0n) is 14.9. The van der Waals surface area contributed by atoms with Gasteiger partial charge < -0.3 is 15.5 Å². The van der Waals surface area contributed by atoms with Crippen molar-refractivity contribution in [2.24, 2.45) is 12.0 Å². The summed E-state index contributed by atoms with van der Waals surface area (Å²) in [6.45, 7) is 3.31. The van der Waals surface area contributed by atoms with E-state index in [1.165, 1.54) is 5.56 Å². The maximum atomic E-state index is 6.11. The SMILES string of the molecule is CN=C(NCCNc1ncc(Cl)cc1Cl)N1CCC(c2cnn(C)c2)C1. The third-order valence-electron chi connectivity index (χ3n) is 4.40. The summed E-state index contributed by atoms with van der Waals surface area (Å²) in [7, 11) is 3.76. The maximum Gasteiger partial charge on any atom is 0.193 e. The van der Waals surface area contributed by atoms with Crippen LogP contribution in [0.3, 0.4) is 0 Å². The molecule has 1 aliphatic rings. The third kappa shape index (κ3) is 4.59. The molecule has 3 rings (SSSR count). The van der Waals surface area contributed by atoms with Crippen molar-refractivity contribution in [2.75, 3.05) is 38.5 Å². The predicted molar refractivity (Wildman–Crippen MR) is 106 cm³/mol. The summed E-state index contributed by atoms with van der Waals surface area (Å²) in [6, 6.07) is 1.67. The van der Waals surface area contributed by atoms with E-state index in [1.807, 2.05) is 25.0 Å². The van der Waals surface area contributed by atoms with Crippen molar-refractivity contribution in [2.45, 2.75) is 12.3 Å². The topological polar surface area (TPSA) is 70.4 Å². The Bertz CT molecular complexity index is 774. The number of pyridine rings is 1. The molecule has 2 aromatic heterocycles. The van der Waals surface area contributed by atoms with E-state index in [1.54, 1.807) is 12.3 Å². The number of hydrogen-bond acceptors (Lipinski definition) is 4. The van der Waals surface area contributed by atoms with Crippen molar-refractivity contribution >= 4 is 35.0 Å². The van der Waals surface area contributed by atoms with Gasteiger partial charge in [0.25, 0.3) is 0 Å². The molecule has 1 atom stereocenters. The lowest BCUT2D eigenvalue weighted by molar-refractivity contribution is 0.487. The van der Waals surface area contributed by atoms with Gasteiger partial charge in [-0.15, -0.1) is 0 Å². The van der Waals surface area contributed by atoms with E-state index in [9.17, 15) is 0 Å². The Hall–Kier alpha value is -1.99. The summed E-state index contributed by atoms with van der Waals surface area (Å²) in [4.78, 5) is 10.9. The second-order valence-electron chi connectivity index (χ2n) is 6.26. The number of aliphatic imine (C=N–C) groups is 1. The van der Waals surface area contributed by atoms with E-state index in [4.69, 9.17) is 23.2 Å². The first-order chi connectivity index (χ1) is 12.6. The summed E-state index contributed by atoms with van der Waals surface area (Å²) < 4.78 is 1.85. The number of likely N-dealkylation sites (tertiary alicyclic amines) is 1. The van der Waals surface area contributed by atoms with Crippen LogP contribution in [-0.4, -0.2) is 58.9 Å². The molecule has 2 aromatic rings. The number of rotatable bonds is 5. The molecule has 3 heterocycles. The van der Waals surface area contributed by atoms with Gasteiger partial charge in [-0.3, -0.25) is 9.67 Å². The standard InChI is InChI=1S/C17H23Cl2N7/c1-20-17(22-5-4-21-16-15(19)7-14(18)9-23-16)26-6-3-12(11-26)13-8-24-25(2)10-13/h7-10,12H,3-6,11H2,1-2H3,(H,20,22)(H,21,23). The van der Waals surface area contributed by atoms with Crippen molar-refractivity contribution in [1.82, 2.24) is 25.0 Å². The maximum absolute atomic E-state index is 6.11. The highest BCUT2D eigenvalue weighted by Crippen LogP contribution is 2.26. The van der Waals surface area contributed by atoms with Crippen molar-refractivity contribution < 1.29 is 0 Å². The number of hydrogen-bond donors (Lipinski definition) is 2. The molecule has 1 aliphatic heterocycles. The monoisotopic (exact) mass is 395 g/mol. The molecule has 0 saturated carbocycles. The second-order valence-corrected chi connectivity index (χ2v) is 7.11. The highest BCUT2D eigenvalue weighted by atomic mass is 35.5. The number of aromatic nitrogens is 3. The molecule has 0 aliphatic carbocycles. The Morgan fingerprint density at radius 2 is 2.19 bits per heavy atom. The molecule has 2 N–H and O–H groups in total. The van der Waals surface area contributed by atoms with Crippen LogP contribution in [-0.2, 0) is 7.05 Å². The molecule has 1 unspecified atom stereocenters. The zero-order chi connectivity index (χ0) is 18.5. The fourth-order valence-electron chi connectivity index (χ4n) is 3.11. The highest BCUT2D eigenvalue weighted by molar-refractivity contribution is 6.35. The van der Waals surface area contributed by atoms with E-state index >= 15 is 0 Å². The van der Waals surface area contributed by atoms with Gasteiger partial charge in [-0.05, 0) is 18.1 Å². The number of aryl methyl sites for hydroxylation is 1. The summed E-state index contributed by atoms with van der Waals surface area (Å²) in [5, 5.41) is 11.9. The molecule has 0 radical (unpaired) electrons. The Morgan fingerprint density at radius 1 is 1.35 bits per heavy atom. The second kappa shape index (κ2) is 8.60. The van der Waals surface area contributed by atoms with Gasteiger partial charge in [-0.25, -0.2) is 4.98 Å². The van der Waals surface area contributed by atoms with Crippen molar-refractivity contribution in [1.29, 1.82) is 0 Å². The molecular weight excluding hydrogens is 373 g/mol.